The average molecular weight is 450 g/mol. The van der Waals surface area contributed by atoms with Gasteiger partial charge < -0.3 is 44.5 Å². The van der Waals surface area contributed by atoms with E-state index in [4.69, 9.17) is 18.9 Å². The number of hydrogen-bond acceptors (Lipinski definition) is 11. The maximum absolute atomic E-state index is 12.6. The average Bonchev–Trinajstić information content (AvgIpc) is 2.79. The summed E-state index contributed by atoms with van der Waals surface area (Å²) in [4.78, 5) is 25.1. The van der Waals surface area contributed by atoms with E-state index in [1.54, 1.807) is 0 Å². The molecule has 5 unspecified atom stereocenters. The van der Waals surface area contributed by atoms with Crippen LogP contribution in [0, 0.1) is 0 Å². The highest BCUT2D eigenvalue weighted by molar-refractivity contribution is 5.91. The molecule has 0 aromatic heterocycles. The van der Waals surface area contributed by atoms with Crippen LogP contribution in [0.2, 0.25) is 0 Å². The van der Waals surface area contributed by atoms with Gasteiger partial charge in [0, 0.05) is 0 Å². The lowest BCUT2D eigenvalue weighted by Gasteiger charge is -2.40. The maximum atomic E-state index is 12.6. The summed E-state index contributed by atoms with van der Waals surface area (Å²) >= 11 is 0. The second-order valence-electron chi connectivity index (χ2n) is 6.92. The minimum atomic E-state index is -1.76. The summed E-state index contributed by atoms with van der Waals surface area (Å²) in [6.07, 6.45) is -8.03. The number of aliphatic hydroxyl groups is 3. The third-order valence-corrected chi connectivity index (χ3v) is 4.81. The number of aliphatic hydroxyl groups excluding tert-OH is 3. The Bertz CT molecular complexity index is 959. The molecule has 11 nitrogen and oxygen atoms in total. The van der Waals surface area contributed by atoms with Gasteiger partial charge in [-0.1, -0.05) is 0 Å². The van der Waals surface area contributed by atoms with Gasteiger partial charge in [0.1, 0.15) is 24.1 Å². The Labute approximate surface area is 182 Å². The van der Waals surface area contributed by atoms with Crippen molar-refractivity contribution in [1.29, 1.82) is 0 Å². The number of hydrogen-bond donors (Lipinski definition) is 5. The third-order valence-electron chi connectivity index (χ3n) is 4.81. The lowest BCUT2D eigenvalue weighted by molar-refractivity contribution is -0.284. The first-order chi connectivity index (χ1) is 15.2. The second kappa shape index (κ2) is 9.83. The first kappa shape index (κ1) is 23.3. The molecular weight excluding hydrogens is 428 g/mol. The highest BCUT2D eigenvalue weighted by Gasteiger charge is 2.48. The van der Waals surface area contributed by atoms with Crippen molar-refractivity contribution >= 4 is 11.9 Å². The van der Waals surface area contributed by atoms with Crippen LogP contribution in [-0.4, -0.2) is 81.9 Å². The molecule has 3 rings (SSSR count). The monoisotopic (exact) mass is 450 g/mol. The number of carbonyl (C=O) groups is 2. The van der Waals surface area contributed by atoms with Gasteiger partial charge in [0.2, 0.25) is 6.29 Å². The molecule has 1 aliphatic heterocycles. The smallest absolute Gasteiger partial charge is 0.340 e. The van der Waals surface area contributed by atoms with Crippen molar-refractivity contribution in [3.63, 3.8) is 0 Å². The van der Waals surface area contributed by atoms with Gasteiger partial charge in [0.15, 0.2) is 17.6 Å². The molecular formula is C21H22O11. The largest absolute Gasteiger partial charge is 0.508 e. The van der Waals surface area contributed by atoms with Gasteiger partial charge >= 0.3 is 11.9 Å². The van der Waals surface area contributed by atoms with Crippen LogP contribution < -0.4 is 4.74 Å². The summed E-state index contributed by atoms with van der Waals surface area (Å²) in [6, 6.07) is 8.68. The van der Waals surface area contributed by atoms with Crippen LogP contribution in [0.1, 0.15) is 20.7 Å². The molecule has 11 heteroatoms. The number of esters is 2. The van der Waals surface area contributed by atoms with Gasteiger partial charge in [-0.25, -0.2) is 9.59 Å². The molecule has 0 radical (unpaired) electrons. The molecule has 0 spiro atoms. The van der Waals surface area contributed by atoms with E-state index in [0.717, 1.165) is 0 Å². The van der Waals surface area contributed by atoms with Crippen LogP contribution in [-0.2, 0) is 14.2 Å². The fraction of sp³-hybridized carbons (Fsp3) is 0.333. The van der Waals surface area contributed by atoms with E-state index in [2.05, 4.69) is 0 Å². The highest BCUT2D eigenvalue weighted by atomic mass is 16.7. The van der Waals surface area contributed by atoms with Crippen LogP contribution in [0.5, 0.6) is 17.2 Å². The zero-order valence-electron chi connectivity index (χ0n) is 16.8. The Hall–Kier alpha value is -3.38. The summed E-state index contributed by atoms with van der Waals surface area (Å²) < 4.78 is 20.8. The highest BCUT2D eigenvalue weighted by Crippen LogP contribution is 2.29. The number of ether oxygens (including phenoxy) is 4. The Morgan fingerprint density at radius 2 is 1.56 bits per heavy atom. The van der Waals surface area contributed by atoms with Gasteiger partial charge in [-0.05, 0) is 42.5 Å². The van der Waals surface area contributed by atoms with Gasteiger partial charge in [-0.3, -0.25) is 0 Å². The van der Waals surface area contributed by atoms with E-state index >= 15 is 0 Å². The van der Waals surface area contributed by atoms with Gasteiger partial charge in [0.05, 0.1) is 24.8 Å². The molecule has 1 heterocycles. The molecule has 32 heavy (non-hydrogen) atoms. The van der Waals surface area contributed by atoms with Crippen LogP contribution >= 0.6 is 0 Å². The quantitative estimate of drug-likeness (QED) is 0.373. The lowest BCUT2D eigenvalue weighted by atomic mass is 9.99. The van der Waals surface area contributed by atoms with Gasteiger partial charge in [0.25, 0.3) is 0 Å². The molecule has 2 aromatic rings. The molecule has 0 amide bonds. The maximum Gasteiger partial charge on any atom is 0.340 e. The number of rotatable bonds is 6. The number of methoxy groups -OCH3 is 1. The van der Waals surface area contributed by atoms with Crippen LogP contribution in [0.4, 0.5) is 0 Å². The lowest BCUT2D eigenvalue weighted by Crippen LogP contribution is -2.60. The van der Waals surface area contributed by atoms with E-state index in [9.17, 15) is 35.1 Å². The summed E-state index contributed by atoms with van der Waals surface area (Å²) in [6.45, 7) is -0.710. The van der Waals surface area contributed by atoms with Gasteiger partial charge in [-0.15, -0.1) is 0 Å². The zero-order chi connectivity index (χ0) is 23.4. The van der Waals surface area contributed by atoms with E-state index in [1.165, 1.54) is 49.6 Å². The summed E-state index contributed by atoms with van der Waals surface area (Å²) in [5.74, 6) is -2.21. The summed E-state index contributed by atoms with van der Waals surface area (Å²) in [5, 5.41) is 49.0. The Kier molecular flexibility index (Phi) is 7.15. The Morgan fingerprint density at radius 3 is 2.19 bits per heavy atom. The van der Waals surface area contributed by atoms with Crippen molar-refractivity contribution in [2.45, 2.75) is 30.7 Å². The van der Waals surface area contributed by atoms with Crippen molar-refractivity contribution in [1.82, 2.24) is 0 Å². The summed E-state index contributed by atoms with van der Waals surface area (Å²) in [7, 11) is 1.29. The van der Waals surface area contributed by atoms with Gasteiger partial charge in [-0.2, -0.15) is 0 Å². The van der Waals surface area contributed by atoms with E-state index < -0.39 is 49.3 Å². The zero-order valence-corrected chi connectivity index (χ0v) is 16.8. The normalized spacial score (nSPS) is 25.1. The van der Waals surface area contributed by atoms with E-state index in [-0.39, 0.29) is 28.4 Å². The SMILES string of the molecule is COc1cc(C(=O)OC2OC(CO)C(O)C(O)C2OC(=O)c2ccc(O)cc2)ccc1O. The van der Waals surface area contributed by atoms with Crippen LogP contribution in [0.15, 0.2) is 42.5 Å². The number of phenolic OH excluding ortho intramolecular Hbond substituents is 2. The minimum Gasteiger partial charge on any atom is -0.508 e. The molecule has 0 saturated carbocycles. The first-order valence-electron chi connectivity index (χ1n) is 9.45. The second-order valence-corrected chi connectivity index (χ2v) is 6.92. The molecule has 5 N–H and O–H groups in total. The fourth-order valence-electron chi connectivity index (χ4n) is 3.04. The summed E-state index contributed by atoms with van der Waals surface area (Å²) in [5.41, 5.74) is -0.0323. The van der Waals surface area contributed by atoms with Crippen molar-refractivity contribution in [2.24, 2.45) is 0 Å². The fourth-order valence-corrected chi connectivity index (χ4v) is 3.04. The molecule has 172 valence electrons. The predicted octanol–water partition coefficient (Wildman–Crippen LogP) is -0.0722. The van der Waals surface area contributed by atoms with Crippen LogP contribution in [0.3, 0.4) is 0 Å². The molecule has 1 saturated heterocycles. The van der Waals surface area contributed by atoms with Crippen LogP contribution in [0.25, 0.3) is 0 Å². The molecule has 1 fully saturated rings. The molecule has 0 bridgehead atoms. The van der Waals surface area contributed by atoms with Crippen molar-refractivity contribution < 1.29 is 54.1 Å². The molecule has 2 aromatic carbocycles. The number of aromatic hydroxyl groups is 2. The number of carbonyl (C=O) groups excluding carboxylic acids is 2. The standard InChI is InChI=1S/C21H22O11/c1-29-14-8-11(4-7-13(14)24)20(28)32-21-18(17(26)16(25)15(9-22)30-21)31-19(27)10-2-5-12(23)6-3-10/h2-8,15-18,21-26H,9H2,1H3. The molecule has 5 atom stereocenters. The molecule has 1 aliphatic rings. The minimum absolute atomic E-state index is 0.00279. The predicted molar refractivity (Wildman–Crippen MR) is 105 cm³/mol. The van der Waals surface area contributed by atoms with E-state index in [1.807, 2.05) is 0 Å². The van der Waals surface area contributed by atoms with Crippen molar-refractivity contribution in [2.75, 3.05) is 13.7 Å². The van der Waals surface area contributed by atoms with E-state index in [0.29, 0.717) is 0 Å². The number of phenols is 2. The first-order valence-corrected chi connectivity index (χ1v) is 9.45. The van der Waals surface area contributed by atoms with Crippen molar-refractivity contribution in [3.8, 4) is 17.2 Å². The number of benzene rings is 2. The van der Waals surface area contributed by atoms with Crippen molar-refractivity contribution in [3.05, 3.63) is 53.6 Å². The molecule has 0 aliphatic carbocycles. The Morgan fingerprint density at radius 1 is 0.938 bits per heavy atom. The topological polar surface area (TPSA) is 172 Å². The third kappa shape index (κ3) is 4.92. The Balaban J connectivity index is 1.83.